The Morgan fingerprint density at radius 3 is 0.845 bits per heavy atom. The van der Waals surface area contributed by atoms with Crippen molar-refractivity contribution in [2.24, 2.45) is 0 Å². The topological polar surface area (TPSA) is 78.9 Å². The first kappa shape index (κ1) is 68.1. The van der Waals surface area contributed by atoms with Gasteiger partial charge in [-0.05, 0) is 89.9 Å². The molecule has 0 rings (SSSR count). The Bertz CT molecular complexity index is 1280. The van der Waals surface area contributed by atoms with Crippen LogP contribution in [-0.2, 0) is 28.6 Å². The second-order valence-corrected chi connectivity index (χ2v) is 20.6. The van der Waals surface area contributed by atoms with Crippen LogP contribution in [0.2, 0.25) is 0 Å². The minimum absolute atomic E-state index is 0.0858. The molecule has 0 aliphatic carbocycles. The lowest BCUT2D eigenvalue weighted by Crippen LogP contribution is -2.30. The van der Waals surface area contributed by atoms with Gasteiger partial charge >= 0.3 is 17.9 Å². The smallest absolute Gasteiger partial charge is 0.306 e. The molecule has 6 heteroatoms. The molecule has 0 heterocycles. The Labute approximate surface area is 440 Å². The standard InChI is InChI=1S/C65H116O6/c1-4-7-10-13-16-19-22-25-28-30-32-34-37-40-43-46-49-52-55-58-64(67)70-61-62(60-69-63(66)57-54-51-48-45-42-39-36-27-24-21-18-15-12-9-6-3)71-65(68)59-56-53-50-47-44-41-38-35-33-31-29-26-23-20-17-14-11-8-5-2/h16,18-19,21,25,27-28,36,42,45,62H,4-15,17,20,22-24,26,29-35,37-41,43-44,46-61H2,1-3H3/b19-16-,21-18-,28-25-,36-27-,45-42-/t62-/m0/s1. The van der Waals surface area contributed by atoms with E-state index in [0.29, 0.717) is 19.3 Å². The predicted molar refractivity (Wildman–Crippen MR) is 307 cm³/mol. The zero-order chi connectivity index (χ0) is 51.4. The summed E-state index contributed by atoms with van der Waals surface area (Å²) < 4.78 is 16.9. The largest absolute Gasteiger partial charge is 0.462 e. The summed E-state index contributed by atoms with van der Waals surface area (Å²) in [5.41, 5.74) is 0. The molecule has 0 aromatic rings. The fourth-order valence-electron chi connectivity index (χ4n) is 8.83. The maximum atomic E-state index is 12.9. The molecule has 0 aromatic carbocycles. The lowest BCUT2D eigenvalue weighted by molar-refractivity contribution is -0.167. The first-order valence-electron chi connectivity index (χ1n) is 30.8. The summed E-state index contributed by atoms with van der Waals surface area (Å²) in [5.74, 6) is -0.913. The number of esters is 3. The molecule has 0 unspecified atom stereocenters. The first-order valence-corrected chi connectivity index (χ1v) is 30.8. The van der Waals surface area contributed by atoms with E-state index in [1.54, 1.807) is 0 Å². The highest BCUT2D eigenvalue weighted by molar-refractivity contribution is 5.71. The van der Waals surface area contributed by atoms with Gasteiger partial charge in [-0.15, -0.1) is 0 Å². The van der Waals surface area contributed by atoms with Crippen LogP contribution in [0.4, 0.5) is 0 Å². The molecule has 71 heavy (non-hydrogen) atoms. The highest BCUT2D eigenvalue weighted by atomic mass is 16.6. The van der Waals surface area contributed by atoms with Crippen LogP contribution in [0.3, 0.4) is 0 Å². The molecule has 0 radical (unpaired) electrons. The predicted octanol–water partition coefficient (Wildman–Crippen LogP) is 20.8. The van der Waals surface area contributed by atoms with Gasteiger partial charge in [0.25, 0.3) is 0 Å². The average Bonchev–Trinajstić information content (AvgIpc) is 3.37. The third-order valence-corrected chi connectivity index (χ3v) is 13.5. The number of allylic oxidation sites excluding steroid dienone is 10. The normalized spacial score (nSPS) is 12.4. The summed E-state index contributed by atoms with van der Waals surface area (Å²) in [6.07, 6.45) is 75.0. The second kappa shape index (κ2) is 59.7. The van der Waals surface area contributed by atoms with E-state index in [1.165, 1.54) is 199 Å². The van der Waals surface area contributed by atoms with E-state index in [0.717, 1.165) is 77.0 Å². The highest BCUT2D eigenvalue weighted by Gasteiger charge is 2.19. The first-order chi connectivity index (χ1) is 35.0. The molecule has 0 saturated heterocycles. The van der Waals surface area contributed by atoms with Gasteiger partial charge in [-0.1, -0.05) is 268 Å². The fourth-order valence-corrected chi connectivity index (χ4v) is 8.83. The molecule has 0 fully saturated rings. The molecule has 0 amide bonds. The second-order valence-electron chi connectivity index (χ2n) is 20.6. The Kier molecular flexibility index (Phi) is 57.2. The van der Waals surface area contributed by atoms with Crippen LogP contribution in [0.25, 0.3) is 0 Å². The molecule has 0 aliphatic heterocycles. The van der Waals surface area contributed by atoms with Gasteiger partial charge in [0, 0.05) is 19.3 Å². The minimum Gasteiger partial charge on any atom is -0.462 e. The van der Waals surface area contributed by atoms with Crippen molar-refractivity contribution >= 4 is 17.9 Å². The number of hydrogen-bond acceptors (Lipinski definition) is 6. The van der Waals surface area contributed by atoms with Crippen molar-refractivity contribution in [3.8, 4) is 0 Å². The van der Waals surface area contributed by atoms with E-state index in [4.69, 9.17) is 14.2 Å². The maximum Gasteiger partial charge on any atom is 0.306 e. The Balaban J connectivity index is 4.39. The van der Waals surface area contributed by atoms with Crippen molar-refractivity contribution in [3.05, 3.63) is 60.8 Å². The quantitative estimate of drug-likeness (QED) is 0.0261. The maximum absolute atomic E-state index is 12.9. The van der Waals surface area contributed by atoms with E-state index in [9.17, 15) is 14.4 Å². The van der Waals surface area contributed by atoms with E-state index >= 15 is 0 Å². The van der Waals surface area contributed by atoms with Gasteiger partial charge in [-0.3, -0.25) is 14.4 Å². The average molecular weight is 994 g/mol. The van der Waals surface area contributed by atoms with Crippen molar-refractivity contribution < 1.29 is 28.6 Å². The number of ether oxygens (including phenoxy) is 3. The summed E-state index contributed by atoms with van der Waals surface area (Å²) in [6, 6.07) is 0. The molecule has 0 aromatic heterocycles. The summed E-state index contributed by atoms with van der Waals surface area (Å²) in [4.78, 5) is 38.2. The van der Waals surface area contributed by atoms with Crippen molar-refractivity contribution in [2.75, 3.05) is 13.2 Å². The van der Waals surface area contributed by atoms with Crippen LogP contribution < -0.4 is 0 Å². The lowest BCUT2D eigenvalue weighted by Gasteiger charge is -2.18. The number of carbonyl (C=O) groups is 3. The summed E-state index contributed by atoms with van der Waals surface area (Å²) in [7, 11) is 0. The Hall–Kier alpha value is -2.89. The van der Waals surface area contributed by atoms with Gasteiger partial charge in [-0.2, -0.15) is 0 Å². The van der Waals surface area contributed by atoms with Crippen LogP contribution in [0.15, 0.2) is 60.8 Å². The van der Waals surface area contributed by atoms with Crippen molar-refractivity contribution in [1.82, 2.24) is 0 Å². The van der Waals surface area contributed by atoms with Gasteiger partial charge < -0.3 is 14.2 Å². The van der Waals surface area contributed by atoms with E-state index in [2.05, 4.69) is 81.5 Å². The number of unbranched alkanes of at least 4 members (excludes halogenated alkanes) is 35. The molecular formula is C65H116O6. The van der Waals surface area contributed by atoms with Gasteiger partial charge in [0.1, 0.15) is 13.2 Å². The summed E-state index contributed by atoms with van der Waals surface area (Å²) in [5, 5.41) is 0. The number of rotatable bonds is 56. The summed E-state index contributed by atoms with van der Waals surface area (Å²) in [6.45, 7) is 6.59. The highest BCUT2D eigenvalue weighted by Crippen LogP contribution is 2.17. The van der Waals surface area contributed by atoms with Crippen LogP contribution in [0.1, 0.15) is 316 Å². The van der Waals surface area contributed by atoms with E-state index < -0.39 is 6.10 Å². The molecule has 6 nitrogen and oxygen atoms in total. The van der Waals surface area contributed by atoms with Crippen LogP contribution >= 0.6 is 0 Å². The van der Waals surface area contributed by atoms with E-state index in [1.807, 2.05) is 0 Å². The van der Waals surface area contributed by atoms with Crippen LogP contribution in [-0.4, -0.2) is 37.2 Å². The SMILES string of the molecule is CCCCC/C=C\C/C=C\C/C=C\CCCCC(=O)OC[C@@H](COC(=O)CCCCCCCCCCC/C=C\C/C=C\CCCCC)OC(=O)CCCCCCCCCCCCCCCCCCCCC. The molecule has 0 N–H and O–H groups in total. The molecule has 412 valence electrons. The lowest BCUT2D eigenvalue weighted by atomic mass is 10.0. The molecule has 1 atom stereocenters. The molecular weight excluding hydrogens is 877 g/mol. The Morgan fingerprint density at radius 2 is 0.507 bits per heavy atom. The molecule has 0 spiro atoms. The molecule has 0 bridgehead atoms. The van der Waals surface area contributed by atoms with Crippen molar-refractivity contribution in [1.29, 1.82) is 0 Å². The van der Waals surface area contributed by atoms with Gasteiger partial charge in [0.15, 0.2) is 6.10 Å². The van der Waals surface area contributed by atoms with Crippen LogP contribution in [0.5, 0.6) is 0 Å². The van der Waals surface area contributed by atoms with Gasteiger partial charge in [0.2, 0.25) is 0 Å². The van der Waals surface area contributed by atoms with Crippen molar-refractivity contribution in [2.45, 2.75) is 322 Å². The zero-order valence-corrected chi connectivity index (χ0v) is 47.2. The monoisotopic (exact) mass is 993 g/mol. The third-order valence-electron chi connectivity index (χ3n) is 13.5. The van der Waals surface area contributed by atoms with Crippen molar-refractivity contribution in [3.63, 3.8) is 0 Å². The number of carbonyl (C=O) groups excluding carboxylic acids is 3. The molecule has 0 aliphatic rings. The fraction of sp³-hybridized carbons (Fsp3) is 0.800. The van der Waals surface area contributed by atoms with Gasteiger partial charge in [-0.25, -0.2) is 0 Å². The van der Waals surface area contributed by atoms with E-state index in [-0.39, 0.29) is 31.1 Å². The minimum atomic E-state index is -0.790. The zero-order valence-electron chi connectivity index (χ0n) is 47.2. The molecule has 0 saturated carbocycles. The van der Waals surface area contributed by atoms with Crippen LogP contribution in [0, 0.1) is 0 Å². The Morgan fingerprint density at radius 1 is 0.282 bits per heavy atom. The summed E-state index contributed by atoms with van der Waals surface area (Å²) >= 11 is 0. The van der Waals surface area contributed by atoms with Gasteiger partial charge in [0.05, 0.1) is 0 Å². The number of hydrogen-bond donors (Lipinski definition) is 0. The third kappa shape index (κ3) is 57.9.